The van der Waals surface area contributed by atoms with Crippen LogP contribution in [-0.4, -0.2) is 21.9 Å². The van der Waals surface area contributed by atoms with Gasteiger partial charge in [0, 0.05) is 5.92 Å². The van der Waals surface area contributed by atoms with Crippen molar-refractivity contribution in [2.24, 2.45) is 29.1 Å². The molecule has 0 heterocycles. The number of hydrogen-bond donors (Lipinski definition) is 2. The SMILES string of the molecule is CC(C=CC(C)C(C)(C)O)[C@H]1CC[C@H]2[C@@H](O)CCC[C@]12C. The molecular formula is C19H34O2. The molecule has 0 aromatic heterocycles. The summed E-state index contributed by atoms with van der Waals surface area (Å²) in [4.78, 5) is 0. The number of fused-ring (bicyclic) bond motifs is 1. The van der Waals surface area contributed by atoms with Gasteiger partial charge in [-0.1, -0.05) is 39.3 Å². The molecule has 2 fully saturated rings. The Morgan fingerprint density at radius 2 is 1.81 bits per heavy atom. The maximum Gasteiger partial charge on any atom is 0.0651 e. The highest BCUT2D eigenvalue weighted by Crippen LogP contribution is 2.57. The van der Waals surface area contributed by atoms with E-state index in [1.54, 1.807) is 0 Å². The Kier molecular flexibility index (Phi) is 4.90. The molecule has 0 amide bonds. The number of rotatable bonds is 4. The van der Waals surface area contributed by atoms with Crippen molar-refractivity contribution >= 4 is 0 Å². The maximum absolute atomic E-state index is 10.3. The van der Waals surface area contributed by atoms with Gasteiger partial charge in [-0.15, -0.1) is 0 Å². The van der Waals surface area contributed by atoms with Crippen LogP contribution in [0.4, 0.5) is 0 Å². The molecule has 122 valence electrons. The zero-order chi connectivity index (χ0) is 15.8. The lowest BCUT2D eigenvalue weighted by Crippen LogP contribution is -2.41. The average Bonchev–Trinajstić information content (AvgIpc) is 2.73. The van der Waals surface area contributed by atoms with Crippen molar-refractivity contribution in [1.82, 2.24) is 0 Å². The van der Waals surface area contributed by atoms with Crippen molar-refractivity contribution in [1.29, 1.82) is 0 Å². The molecule has 2 aliphatic rings. The van der Waals surface area contributed by atoms with Gasteiger partial charge in [-0.05, 0) is 62.7 Å². The van der Waals surface area contributed by atoms with Gasteiger partial charge in [0.15, 0.2) is 0 Å². The van der Waals surface area contributed by atoms with Gasteiger partial charge in [-0.3, -0.25) is 0 Å². The fourth-order valence-corrected chi connectivity index (χ4v) is 4.76. The van der Waals surface area contributed by atoms with E-state index >= 15 is 0 Å². The molecule has 21 heavy (non-hydrogen) atoms. The van der Waals surface area contributed by atoms with E-state index in [2.05, 4.69) is 32.9 Å². The summed E-state index contributed by atoms with van der Waals surface area (Å²) in [5, 5.41) is 20.4. The van der Waals surface area contributed by atoms with E-state index in [-0.39, 0.29) is 12.0 Å². The summed E-state index contributed by atoms with van der Waals surface area (Å²) < 4.78 is 0. The van der Waals surface area contributed by atoms with Crippen LogP contribution in [0.3, 0.4) is 0 Å². The first-order valence-electron chi connectivity index (χ1n) is 8.75. The van der Waals surface area contributed by atoms with Crippen LogP contribution >= 0.6 is 0 Å². The molecule has 0 aliphatic heterocycles. The Labute approximate surface area is 130 Å². The van der Waals surface area contributed by atoms with Crippen LogP contribution in [-0.2, 0) is 0 Å². The molecule has 2 nitrogen and oxygen atoms in total. The third-order valence-electron chi connectivity index (χ3n) is 6.61. The van der Waals surface area contributed by atoms with E-state index in [4.69, 9.17) is 0 Å². The van der Waals surface area contributed by atoms with Gasteiger partial charge in [0.25, 0.3) is 0 Å². The van der Waals surface area contributed by atoms with Gasteiger partial charge < -0.3 is 10.2 Å². The molecule has 0 aromatic carbocycles. The fraction of sp³-hybridized carbons (Fsp3) is 0.895. The highest BCUT2D eigenvalue weighted by molar-refractivity contribution is 5.06. The summed E-state index contributed by atoms with van der Waals surface area (Å²) in [7, 11) is 0. The van der Waals surface area contributed by atoms with Gasteiger partial charge >= 0.3 is 0 Å². The van der Waals surface area contributed by atoms with E-state index in [1.807, 2.05) is 13.8 Å². The minimum atomic E-state index is -0.653. The smallest absolute Gasteiger partial charge is 0.0651 e. The summed E-state index contributed by atoms with van der Waals surface area (Å²) in [6, 6.07) is 0. The number of allylic oxidation sites excluding steroid dienone is 1. The molecular weight excluding hydrogens is 260 g/mol. The van der Waals surface area contributed by atoms with Gasteiger partial charge in [0.2, 0.25) is 0 Å². The quantitative estimate of drug-likeness (QED) is 0.764. The van der Waals surface area contributed by atoms with Crippen LogP contribution in [0, 0.1) is 29.1 Å². The zero-order valence-corrected chi connectivity index (χ0v) is 14.5. The van der Waals surface area contributed by atoms with Crippen molar-refractivity contribution in [3.05, 3.63) is 12.2 Å². The lowest BCUT2D eigenvalue weighted by atomic mass is 9.62. The Morgan fingerprint density at radius 1 is 1.14 bits per heavy atom. The summed E-state index contributed by atoms with van der Waals surface area (Å²) in [6.45, 7) is 10.5. The predicted molar refractivity (Wildman–Crippen MR) is 87.9 cm³/mol. The summed E-state index contributed by atoms with van der Waals surface area (Å²) >= 11 is 0. The van der Waals surface area contributed by atoms with Crippen LogP contribution in [0.2, 0.25) is 0 Å². The summed E-state index contributed by atoms with van der Waals surface area (Å²) in [5.74, 6) is 1.86. The van der Waals surface area contributed by atoms with Crippen LogP contribution in [0.25, 0.3) is 0 Å². The standard InChI is InChI=1S/C19H34O2/c1-13(8-9-14(2)18(3,4)21)15-10-11-16-17(20)7-6-12-19(15,16)5/h8-9,13-17,20-21H,6-7,10-12H2,1-5H3/t13?,14?,15-,16+,17+,19-/m1/s1. The maximum atomic E-state index is 10.3. The van der Waals surface area contributed by atoms with Gasteiger partial charge in [-0.2, -0.15) is 0 Å². The van der Waals surface area contributed by atoms with Gasteiger partial charge in [0.05, 0.1) is 11.7 Å². The zero-order valence-electron chi connectivity index (χ0n) is 14.5. The molecule has 2 saturated carbocycles. The Hall–Kier alpha value is -0.340. The topological polar surface area (TPSA) is 40.5 Å². The summed E-state index contributed by atoms with van der Waals surface area (Å²) in [5.41, 5.74) is -0.348. The number of aliphatic hydroxyl groups excluding tert-OH is 1. The third-order valence-corrected chi connectivity index (χ3v) is 6.61. The number of aliphatic hydroxyl groups is 2. The fourth-order valence-electron chi connectivity index (χ4n) is 4.76. The first-order valence-corrected chi connectivity index (χ1v) is 8.75. The lowest BCUT2D eigenvalue weighted by Gasteiger charge is -2.44. The minimum Gasteiger partial charge on any atom is -0.393 e. The lowest BCUT2D eigenvalue weighted by molar-refractivity contribution is -0.0232. The molecule has 2 rings (SSSR count). The van der Waals surface area contributed by atoms with Crippen LogP contribution in [0.5, 0.6) is 0 Å². The van der Waals surface area contributed by atoms with Crippen molar-refractivity contribution in [2.75, 3.05) is 0 Å². The predicted octanol–water partition coefficient (Wildman–Crippen LogP) is 4.16. The second-order valence-corrected chi connectivity index (χ2v) is 8.44. The highest BCUT2D eigenvalue weighted by atomic mass is 16.3. The van der Waals surface area contributed by atoms with Crippen molar-refractivity contribution in [2.45, 2.75) is 78.4 Å². The normalized spacial score (nSPS) is 40.2. The molecule has 2 aliphatic carbocycles. The average molecular weight is 294 g/mol. The monoisotopic (exact) mass is 294 g/mol. The Morgan fingerprint density at radius 3 is 2.43 bits per heavy atom. The van der Waals surface area contributed by atoms with E-state index in [0.29, 0.717) is 23.2 Å². The molecule has 0 radical (unpaired) electrons. The second kappa shape index (κ2) is 6.04. The van der Waals surface area contributed by atoms with Crippen molar-refractivity contribution in [3.8, 4) is 0 Å². The van der Waals surface area contributed by atoms with Crippen molar-refractivity contribution in [3.63, 3.8) is 0 Å². The molecule has 0 bridgehead atoms. The number of hydrogen-bond acceptors (Lipinski definition) is 2. The van der Waals surface area contributed by atoms with E-state index in [1.165, 1.54) is 25.7 Å². The highest BCUT2D eigenvalue weighted by Gasteiger charge is 2.51. The summed E-state index contributed by atoms with van der Waals surface area (Å²) in [6.07, 6.45) is 10.2. The van der Waals surface area contributed by atoms with Crippen LogP contribution < -0.4 is 0 Å². The third kappa shape index (κ3) is 3.37. The Balaban J connectivity index is 2.06. The van der Waals surface area contributed by atoms with Crippen LogP contribution in [0.1, 0.15) is 66.7 Å². The molecule has 0 spiro atoms. The Bertz CT molecular complexity index is 382. The molecule has 0 aromatic rings. The molecule has 2 unspecified atom stereocenters. The van der Waals surface area contributed by atoms with E-state index in [0.717, 1.165) is 6.42 Å². The second-order valence-electron chi connectivity index (χ2n) is 8.44. The first kappa shape index (κ1) is 17.0. The van der Waals surface area contributed by atoms with Crippen molar-refractivity contribution < 1.29 is 10.2 Å². The molecule has 6 atom stereocenters. The molecule has 2 N–H and O–H groups in total. The van der Waals surface area contributed by atoms with Crippen LogP contribution in [0.15, 0.2) is 12.2 Å². The van der Waals surface area contributed by atoms with E-state index < -0.39 is 5.60 Å². The first-order chi connectivity index (χ1) is 9.66. The van der Waals surface area contributed by atoms with Gasteiger partial charge in [-0.25, -0.2) is 0 Å². The molecule has 2 heteroatoms. The largest absolute Gasteiger partial charge is 0.393 e. The van der Waals surface area contributed by atoms with Gasteiger partial charge in [0.1, 0.15) is 0 Å². The molecule has 0 saturated heterocycles. The minimum absolute atomic E-state index is 0.0831. The van der Waals surface area contributed by atoms with E-state index in [9.17, 15) is 10.2 Å².